The van der Waals surface area contributed by atoms with Gasteiger partial charge in [-0.05, 0) is 55.0 Å². The molecule has 1 aliphatic rings. The molecule has 4 aromatic rings. The van der Waals surface area contributed by atoms with E-state index in [4.69, 9.17) is 4.74 Å². The molecule has 0 unspecified atom stereocenters. The summed E-state index contributed by atoms with van der Waals surface area (Å²) in [5.41, 5.74) is 0.687. The topological polar surface area (TPSA) is 130 Å². The first-order chi connectivity index (χ1) is 19.7. The maximum absolute atomic E-state index is 14.1. The Morgan fingerprint density at radius 3 is 2.59 bits per heavy atom. The van der Waals surface area contributed by atoms with Crippen LogP contribution in [0.2, 0.25) is 0 Å². The summed E-state index contributed by atoms with van der Waals surface area (Å²) >= 11 is 0.971. The summed E-state index contributed by atoms with van der Waals surface area (Å²) in [6.07, 6.45) is 8.59. The molecule has 11 heteroatoms. The first-order valence-electron chi connectivity index (χ1n) is 13.6. The van der Waals surface area contributed by atoms with Crippen LogP contribution in [-0.2, 0) is 31.4 Å². The standard InChI is InChI=1S/C30H34N4O5S2/c1-29(18-21-19-32-23-11-5-4-10-22(21)23,34-41(37,38)24-13-17-40-26(24)27(35)39-2)28(36)33-20-30(14-7-3-8-15-30)25-12-6-9-16-31-25/h4-6,9-13,16-17,19,32,34H,3,7-8,14-15,18,20H2,1-2H3,(H,33,36)/t29-/m0/s1. The molecule has 0 radical (unpaired) electrons. The molecule has 216 valence electrons. The number of carbonyl (C=O) groups excluding carboxylic acids is 2. The smallest absolute Gasteiger partial charge is 0.349 e. The monoisotopic (exact) mass is 594 g/mol. The summed E-state index contributed by atoms with van der Waals surface area (Å²) in [5, 5.41) is 5.51. The van der Waals surface area contributed by atoms with Crippen molar-refractivity contribution < 1.29 is 22.7 Å². The third kappa shape index (κ3) is 5.93. The molecule has 1 fully saturated rings. The molecule has 3 N–H and O–H groups in total. The number of para-hydroxylation sites is 1. The van der Waals surface area contributed by atoms with Crippen molar-refractivity contribution in [1.82, 2.24) is 20.0 Å². The van der Waals surface area contributed by atoms with Crippen molar-refractivity contribution in [1.29, 1.82) is 0 Å². The number of thiophene rings is 1. The second-order valence-electron chi connectivity index (χ2n) is 10.8. The molecule has 1 aromatic carbocycles. The Balaban J connectivity index is 1.48. The van der Waals surface area contributed by atoms with Gasteiger partial charge in [-0.2, -0.15) is 4.72 Å². The van der Waals surface area contributed by atoms with E-state index in [1.807, 2.05) is 42.5 Å². The molecule has 3 heterocycles. The van der Waals surface area contributed by atoms with Crippen molar-refractivity contribution in [3.8, 4) is 0 Å². The highest BCUT2D eigenvalue weighted by Crippen LogP contribution is 2.38. The van der Waals surface area contributed by atoms with Crippen LogP contribution in [0, 0.1) is 0 Å². The SMILES string of the molecule is COC(=O)c1sccc1S(=O)(=O)N[C@@](C)(Cc1c[nH]c2ccccc12)C(=O)NCC1(c2ccccn2)CCCCC1. The number of esters is 1. The van der Waals surface area contributed by atoms with E-state index in [1.165, 1.54) is 18.6 Å². The number of nitrogens with zero attached hydrogens (tertiary/aromatic N) is 1. The maximum Gasteiger partial charge on any atom is 0.349 e. The average Bonchev–Trinajstić information content (AvgIpc) is 3.65. The molecule has 0 aliphatic heterocycles. The zero-order valence-corrected chi connectivity index (χ0v) is 24.7. The molecule has 0 spiro atoms. The first-order valence-corrected chi connectivity index (χ1v) is 16.0. The van der Waals surface area contributed by atoms with Gasteiger partial charge < -0.3 is 15.0 Å². The molecule has 3 aromatic heterocycles. The highest BCUT2D eigenvalue weighted by atomic mass is 32.2. The molecule has 41 heavy (non-hydrogen) atoms. The summed E-state index contributed by atoms with van der Waals surface area (Å²) in [6, 6.07) is 14.8. The van der Waals surface area contributed by atoms with Gasteiger partial charge in [0.05, 0.1) is 7.11 Å². The number of fused-ring (bicyclic) bond motifs is 1. The van der Waals surface area contributed by atoms with Gasteiger partial charge in [0.2, 0.25) is 15.9 Å². The molecule has 9 nitrogen and oxygen atoms in total. The van der Waals surface area contributed by atoms with Crippen molar-refractivity contribution in [2.45, 2.75) is 61.3 Å². The lowest BCUT2D eigenvalue weighted by Gasteiger charge is -2.38. The van der Waals surface area contributed by atoms with E-state index in [9.17, 15) is 18.0 Å². The van der Waals surface area contributed by atoms with E-state index >= 15 is 0 Å². The lowest BCUT2D eigenvalue weighted by atomic mass is 9.71. The number of rotatable bonds is 10. The summed E-state index contributed by atoms with van der Waals surface area (Å²) < 4.78 is 34.9. The fourth-order valence-electron chi connectivity index (χ4n) is 5.80. The van der Waals surface area contributed by atoms with Crippen LogP contribution < -0.4 is 10.0 Å². The minimum atomic E-state index is -4.30. The van der Waals surface area contributed by atoms with Crippen molar-refractivity contribution in [3.63, 3.8) is 0 Å². The predicted molar refractivity (Wildman–Crippen MR) is 158 cm³/mol. The first kappa shape index (κ1) is 29.0. The van der Waals surface area contributed by atoms with E-state index in [-0.39, 0.29) is 21.6 Å². The van der Waals surface area contributed by atoms with Gasteiger partial charge >= 0.3 is 5.97 Å². The third-order valence-electron chi connectivity index (χ3n) is 7.98. The molecular formula is C30H34N4O5S2. The van der Waals surface area contributed by atoms with Crippen LogP contribution in [0.1, 0.15) is 60.0 Å². The third-order valence-corrected chi connectivity index (χ3v) is 10.6. The quantitative estimate of drug-likeness (QED) is 0.228. The number of carbonyl (C=O) groups is 2. The van der Waals surface area contributed by atoms with Gasteiger partial charge in [-0.3, -0.25) is 9.78 Å². The zero-order chi connectivity index (χ0) is 29.1. The predicted octanol–water partition coefficient (Wildman–Crippen LogP) is 4.71. The Hall–Kier alpha value is -3.54. The van der Waals surface area contributed by atoms with Crippen LogP contribution in [0.25, 0.3) is 10.9 Å². The summed E-state index contributed by atoms with van der Waals surface area (Å²) in [5.74, 6) is -1.21. The van der Waals surface area contributed by atoms with Crippen molar-refractivity contribution in [2.24, 2.45) is 0 Å². The highest BCUT2D eigenvalue weighted by Gasteiger charge is 2.42. The Labute approximate surface area is 243 Å². The molecule has 0 saturated heterocycles. The van der Waals surface area contributed by atoms with Gasteiger partial charge in [0.1, 0.15) is 15.3 Å². The number of nitrogens with one attached hydrogen (secondary N) is 3. The van der Waals surface area contributed by atoms with Crippen LogP contribution in [0.15, 0.2) is 71.2 Å². The van der Waals surface area contributed by atoms with Crippen molar-refractivity contribution >= 4 is 44.1 Å². The fourth-order valence-corrected chi connectivity index (χ4v) is 8.50. The summed E-state index contributed by atoms with van der Waals surface area (Å²) in [7, 11) is -3.10. The van der Waals surface area contributed by atoms with Crippen molar-refractivity contribution in [3.05, 3.63) is 82.4 Å². The molecule has 0 bridgehead atoms. The zero-order valence-electron chi connectivity index (χ0n) is 23.1. The lowest BCUT2D eigenvalue weighted by molar-refractivity contribution is -0.126. The van der Waals surface area contributed by atoms with E-state index in [1.54, 1.807) is 19.3 Å². The number of amides is 1. The van der Waals surface area contributed by atoms with Crippen LogP contribution in [0.5, 0.6) is 0 Å². The average molecular weight is 595 g/mol. The van der Waals surface area contributed by atoms with Gasteiger partial charge in [0, 0.05) is 47.4 Å². The minimum absolute atomic E-state index is 0.0498. The van der Waals surface area contributed by atoms with Gasteiger partial charge in [-0.15, -0.1) is 11.3 Å². The van der Waals surface area contributed by atoms with Crippen LogP contribution in [0.4, 0.5) is 0 Å². The van der Waals surface area contributed by atoms with Crippen LogP contribution in [0.3, 0.4) is 0 Å². The molecular weight excluding hydrogens is 560 g/mol. The molecule has 1 atom stereocenters. The number of methoxy groups -OCH3 is 1. The largest absolute Gasteiger partial charge is 0.465 e. The minimum Gasteiger partial charge on any atom is -0.465 e. The van der Waals surface area contributed by atoms with E-state index in [0.29, 0.717) is 6.54 Å². The van der Waals surface area contributed by atoms with Crippen LogP contribution >= 0.6 is 11.3 Å². The number of benzene rings is 1. The number of aromatic amines is 1. The van der Waals surface area contributed by atoms with Crippen LogP contribution in [-0.4, -0.2) is 49.5 Å². The highest BCUT2D eigenvalue weighted by molar-refractivity contribution is 7.89. The Morgan fingerprint density at radius 1 is 1.10 bits per heavy atom. The molecule has 5 rings (SSSR count). The number of hydrogen-bond acceptors (Lipinski definition) is 7. The van der Waals surface area contributed by atoms with E-state index in [0.717, 1.165) is 65.6 Å². The normalized spacial score (nSPS) is 16.6. The number of sulfonamides is 1. The van der Waals surface area contributed by atoms with E-state index in [2.05, 4.69) is 20.0 Å². The van der Waals surface area contributed by atoms with Gasteiger partial charge in [-0.1, -0.05) is 43.5 Å². The van der Waals surface area contributed by atoms with Gasteiger partial charge in [0.15, 0.2) is 0 Å². The Morgan fingerprint density at radius 2 is 1.85 bits per heavy atom. The second-order valence-corrected chi connectivity index (χ2v) is 13.4. The molecule has 1 amide bonds. The summed E-state index contributed by atoms with van der Waals surface area (Å²) in [4.78, 5) is 34.0. The number of hydrogen-bond donors (Lipinski definition) is 3. The molecule has 1 aliphatic carbocycles. The molecule has 1 saturated carbocycles. The van der Waals surface area contributed by atoms with Gasteiger partial charge in [0.25, 0.3) is 0 Å². The lowest BCUT2D eigenvalue weighted by Crippen LogP contribution is -2.59. The van der Waals surface area contributed by atoms with E-state index < -0.39 is 27.4 Å². The van der Waals surface area contributed by atoms with Gasteiger partial charge in [-0.25, -0.2) is 13.2 Å². The number of aromatic nitrogens is 2. The Bertz CT molecular complexity index is 1640. The fraction of sp³-hybridized carbons (Fsp3) is 0.367. The maximum atomic E-state index is 14.1. The number of H-pyrrole nitrogens is 1. The second kappa shape index (κ2) is 11.8. The number of ether oxygens (including phenoxy) is 1. The summed E-state index contributed by atoms with van der Waals surface area (Å²) in [6.45, 7) is 1.92. The van der Waals surface area contributed by atoms with Crippen molar-refractivity contribution in [2.75, 3.05) is 13.7 Å². The number of pyridine rings is 1. The Kier molecular flexibility index (Phi) is 8.30.